The molecule has 0 aliphatic rings. The highest BCUT2D eigenvalue weighted by Crippen LogP contribution is 2.27. The first kappa shape index (κ1) is 19.2. The second kappa shape index (κ2) is 7.70. The summed E-state index contributed by atoms with van der Waals surface area (Å²) in [5.74, 6) is 0.350. The standard InChI is InChI=1S/C20H13N7O2S/c1-11(12-5-3-2-4-6-12)26-27-14(8-10-22)25-16-15-18(28)23-13(7-9-21)24-19(15)30-17(16)20(27)29/h2-6H,7-8H2,1H3,(H,23,24,28)/b26-11+. The smallest absolute Gasteiger partial charge is 0.292 e. The first-order chi connectivity index (χ1) is 14.5. The predicted molar refractivity (Wildman–Crippen MR) is 112 cm³/mol. The third-order valence-corrected chi connectivity index (χ3v) is 5.44. The molecule has 0 unspecified atom stereocenters. The topological polar surface area (TPSA) is 141 Å². The molecule has 0 aliphatic heterocycles. The molecule has 0 spiro atoms. The Morgan fingerprint density at radius 2 is 1.90 bits per heavy atom. The van der Waals surface area contributed by atoms with Gasteiger partial charge in [-0.2, -0.15) is 20.3 Å². The summed E-state index contributed by atoms with van der Waals surface area (Å²) in [4.78, 5) is 37.3. The Balaban J connectivity index is 2.02. The second-order valence-electron chi connectivity index (χ2n) is 6.34. The molecule has 30 heavy (non-hydrogen) atoms. The number of rotatable bonds is 4. The van der Waals surface area contributed by atoms with Gasteiger partial charge in [0, 0.05) is 0 Å². The van der Waals surface area contributed by atoms with E-state index in [4.69, 9.17) is 5.26 Å². The van der Waals surface area contributed by atoms with Crippen molar-refractivity contribution in [2.24, 2.45) is 5.10 Å². The fourth-order valence-corrected chi connectivity index (χ4v) is 4.07. The molecule has 10 heteroatoms. The van der Waals surface area contributed by atoms with Crippen molar-refractivity contribution in [3.63, 3.8) is 0 Å². The Kier molecular flexibility index (Phi) is 4.92. The molecule has 0 saturated carbocycles. The van der Waals surface area contributed by atoms with E-state index in [2.05, 4.69) is 20.1 Å². The van der Waals surface area contributed by atoms with Crippen LogP contribution in [0.2, 0.25) is 0 Å². The van der Waals surface area contributed by atoms with Gasteiger partial charge < -0.3 is 4.98 Å². The van der Waals surface area contributed by atoms with Crippen molar-refractivity contribution in [2.75, 3.05) is 0 Å². The van der Waals surface area contributed by atoms with Gasteiger partial charge in [-0.1, -0.05) is 30.3 Å². The van der Waals surface area contributed by atoms with E-state index >= 15 is 0 Å². The van der Waals surface area contributed by atoms with E-state index in [9.17, 15) is 14.9 Å². The van der Waals surface area contributed by atoms with E-state index in [1.54, 1.807) is 6.92 Å². The highest BCUT2D eigenvalue weighted by atomic mass is 32.1. The van der Waals surface area contributed by atoms with Crippen molar-refractivity contribution in [2.45, 2.75) is 19.8 Å². The molecule has 0 aliphatic carbocycles. The summed E-state index contributed by atoms with van der Waals surface area (Å²) >= 11 is 1.02. The minimum absolute atomic E-state index is 0.0582. The van der Waals surface area contributed by atoms with Crippen LogP contribution in [0.3, 0.4) is 0 Å². The number of hydrogen-bond acceptors (Lipinski definition) is 8. The lowest BCUT2D eigenvalue weighted by Crippen LogP contribution is -2.23. The molecule has 1 N–H and O–H groups in total. The molecule has 4 aromatic rings. The van der Waals surface area contributed by atoms with E-state index < -0.39 is 11.1 Å². The number of thiophene rings is 1. The van der Waals surface area contributed by atoms with Gasteiger partial charge in [0.05, 0.1) is 30.7 Å². The van der Waals surface area contributed by atoms with Crippen LogP contribution in [-0.4, -0.2) is 25.3 Å². The number of fused-ring (bicyclic) bond motifs is 3. The fourth-order valence-electron chi connectivity index (χ4n) is 3.01. The molecule has 1 aromatic carbocycles. The first-order valence-corrected chi connectivity index (χ1v) is 9.67. The molecule has 3 aromatic heterocycles. The average molecular weight is 415 g/mol. The third-order valence-electron chi connectivity index (χ3n) is 4.38. The number of nitriles is 2. The molecular weight excluding hydrogens is 402 g/mol. The first-order valence-electron chi connectivity index (χ1n) is 8.85. The summed E-state index contributed by atoms with van der Waals surface area (Å²) in [6.45, 7) is 1.76. The molecule has 146 valence electrons. The molecule has 0 atom stereocenters. The van der Waals surface area contributed by atoms with Crippen LogP contribution in [0.5, 0.6) is 0 Å². The number of benzene rings is 1. The maximum absolute atomic E-state index is 13.2. The van der Waals surface area contributed by atoms with E-state index in [1.165, 1.54) is 0 Å². The number of nitrogens with one attached hydrogen (secondary N) is 1. The van der Waals surface area contributed by atoms with Gasteiger partial charge in [0.25, 0.3) is 11.1 Å². The van der Waals surface area contributed by atoms with Gasteiger partial charge in [0.2, 0.25) is 0 Å². The van der Waals surface area contributed by atoms with Gasteiger partial charge in [-0.05, 0) is 12.5 Å². The Morgan fingerprint density at radius 3 is 2.60 bits per heavy atom. The normalized spacial score (nSPS) is 11.5. The maximum atomic E-state index is 13.2. The van der Waals surface area contributed by atoms with Gasteiger partial charge in [0.15, 0.2) is 0 Å². The SMILES string of the molecule is C/C(=N\n1c(CC#N)nc2c(sc3nc(CC#N)[nH]c(=O)c32)c1=O)c1ccccc1. The van der Waals surface area contributed by atoms with Gasteiger partial charge in [-0.25, -0.2) is 9.97 Å². The van der Waals surface area contributed by atoms with Crippen LogP contribution in [0.15, 0.2) is 45.0 Å². The molecule has 0 amide bonds. The predicted octanol–water partition coefficient (Wildman–Crippen LogP) is 2.10. The van der Waals surface area contributed by atoms with Crippen LogP contribution in [0.4, 0.5) is 0 Å². The van der Waals surface area contributed by atoms with E-state index in [-0.39, 0.29) is 40.1 Å². The Labute approximate surface area is 173 Å². The van der Waals surface area contributed by atoms with Crippen LogP contribution < -0.4 is 11.1 Å². The summed E-state index contributed by atoms with van der Waals surface area (Å²) in [7, 11) is 0. The Morgan fingerprint density at radius 1 is 1.17 bits per heavy atom. The van der Waals surface area contributed by atoms with Crippen LogP contribution in [0.1, 0.15) is 24.1 Å². The highest BCUT2D eigenvalue weighted by Gasteiger charge is 2.19. The van der Waals surface area contributed by atoms with Crippen molar-refractivity contribution < 1.29 is 0 Å². The molecule has 3 heterocycles. The summed E-state index contributed by atoms with van der Waals surface area (Å²) < 4.78 is 1.32. The summed E-state index contributed by atoms with van der Waals surface area (Å²) in [5.41, 5.74) is 0.624. The lowest BCUT2D eigenvalue weighted by Gasteiger charge is -2.07. The van der Waals surface area contributed by atoms with Crippen molar-refractivity contribution in [1.29, 1.82) is 10.5 Å². The van der Waals surface area contributed by atoms with Crippen LogP contribution >= 0.6 is 11.3 Å². The molecule has 4 rings (SSSR count). The number of hydrogen-bond donors (Lipinski definition) is 1. The van der Waals surface area contributed by atoms with Crippen molar-refractivity contribution in [1.82, 2.24) is 19.6 Å². The van der Waals surface area contributed by atoms with E-state index in [0.29, 0.717) is 10.5 Å². The fraction of sp³-hybridized carbons (Fsp3) is 0.150. The Hall–Kier alpha value is -4.15. The Bertz CT molecular complexity index is 1520. The number of nitrogens with zero attached hydrogens (tertiary/aromatic N) is 6. The molecule has 0 bridgehead atoms. The summed E-state index contributed by atoms with van der Waals surface area (Å²) in [6.07, 6.45) is -0.219. The van der Waals surface area contributed by atoms with Crippen molar-refractivity contribution in [3.8, 4) is 12.1 Å². The van der Waals surface area contributed by atoms with Gasteiger partial charge in [-0.3, -0.25) is 9.59 Å². The average Bonchev–Trinajstić information content (AvgIpc) is 3.11. The van der Waals surface area contributed by atoms with Gasteiger partial charge >= 0.3 is 0 Å². The second-order valence-corrected chi connectivity index (χ2v) is 7.34. The number of aromatic amines is 1. The third kappa shape index (κ3) is 3.26. The van der Waals surface area contributed by atoms with Crippen LogP contribution in [0.25, 0.3) is 20.4 Å². The zero-order valence-electron chi connectivity index (χ0n) is 15.7. The number of H-pyrrole nitrogens is 1. The lowest BCUT2D eigenvalue weighted by atomic mass is 10.1. The quantitative estimate of drug-likeness (QED) is 0.506. The monoisotopic (exact) mass is 415 g/mol. The number of aromatic nitrogens is 4. The maximum Gasteiger partial charge on any atom is 0.292 e. The molecule has 0 radical (unpaired) electrons. The van der Waals surface area contributed by atoms with Gasteiger partial charge in [0.1, 0.15) is 32.1 Å². The summed E-state index contributed by atoms with van der Waals surface area (Å²) in [5, 5.41) is 22.6. The highest BCUT2D eigenvalue weighted by molar-refractivity contribution is 7.25. The molecule has 0 fully saturated rings. The molecule has 9 nitrogen and oxygen atoms in total. The lowest BCUT2D eigenvalue weighted by molar-refractivity contribution is 0.750. The zero-order chi connectivity index (χ0) is 21.3. The minimum atomic E-state index is -0.482. The van der Waals surface area contributed by atoms with Gasteiger partial charge in [-0.15, -0.1) is 11.3 Å². The van der Waals surface area contributed by atoms with E-state index in [0.717, 1.165) is 21.6 Å². The van der Waals surface area contributed by atoms with Crippen LogP contribution in [0, 0.1) is 22.7 Å². The zero-order valence-corrected chi connectivity index (χ0v) is 16.5. The van der Waals surface area contributed by atoms with E-state index in [1.807, 2.05) is 42.5 Å². The van der Waals surface area contributed by atoms with Crippen LogP contribution in [-0.2, 0) is 12.8 Å². The van der Waals surface area contributed by atoms with Crippen molar-refractivity contribution >= 4 is 37.5 Å². The van der Waals surface area contributed by atoms with Crippen molar-refractivity contribution in [3.05, 3.63) is 68.3 Å². The minimum Gasteiger partial charge on any atom is -0.309 e. The summed E-state index contributed by atoms with van der Waals surface area (Å²) in [6, 6.07) is 13.2. The largest absolute Gasteiger partial charge is 0.309 e. The molecular formula is C20H13N7O2S. The molecule has 0 saturated heterocycles.